The Morgan fingerprint density at radius 1 is 0.743 bits per heavy atom. The topological polar surface area (TPSA) is 79.0 Å². The van der Waals surface area contributed by atoms with Crippen molar-refractivity contribution in [1.29, 1.82) is 0 Å². The molecule has 1 N–H and O–H groups in total. The lowest BCUT2D eigenvalue weighted by Crippen LogP contribution is -2.36. The third kappa shape index (κ3) is 5.24. The molecule has 0 bridgehead atoms. The number of hydrogen-bond donors (Lipinski definition) is 1. The maximum absolute atomic E-state index is 12.7. The highest BCUT2D eigenvalue weighted by atomic mass is 32.2. The highest BCUT2D eigenvalue weighted by Crippen LogP contribution is 2.26. The van der Waals surface area contributed by atoms with Crippen LogP contribution in [0.25, 0.3) is 11.1 Å². The predicted octanol–water partition coefficient (Wildman–Crippen LogP) is 4.23. The molecule has 0 radical (unpaired) electrons. The second kappa shape index (κ2) is 10.2. The minimum Gasteiger partial charge on any atom is -0.378 e. The van der Waals surface area contributed by atoms with E-state index in [2.05, 4.69) is 10.2 Å². The lowest BCUT2D eigenvalue weighted by atomic mass is 10.0. The Morgan fingerprint density at radius 3 is 1.91 bits per heavy atom. The van der Waals surface area contributed by atoms with Crippen LogP contribution in [0.4, 0.5) is 11.4 Å². The summed E-state index contributed by atoms with van der Waals surface area (Å²) in [5, 5.41) is 2.94. The van der Waals surface area contributed by atoms with E-state index >= 15 is 0 Å². The van der Waals surface area contributed by atoms with Crippen molar-refractivity contribution >= 4 is 27.3 Å². The van der Waals surface area contributed by atoms with E-state index < -0.39 is 10.0 Å². The van der Waals surface area contributed by atoms with Gasteiger partial charge in [0, 0.05) is 43.1 Å². The van der Waals surface area contributed by atoms with Gasteiger partial charge in [0.25, 0.3) is 5.91 Å². The Hall–Kier alpha value is -3.20. The molecule has 2 aliphatic heterocycles. The Balaban J connectivity index is 1.22. The molecular weight excluding hydrogens is 462 g/mol. The van der Waals surface area contributed by atoms with Crippen molar-refractivity contribution in [2.45, 2.75) is 17.7 Å². The number of rotatable bonds is 6. The number of ether oxygens (including phenoxy) is 1. The molecule has 0 atom stereocenters. The average molecular weight is 492 g/mol. The summed E-state index contributed by atoms with van der Waals surface area (Å²) in [5.41, 5.74) is 4.23. The third-order valence-corrected chi connectivity index (χ3v) is 8.45. The van der Waals surface area contributed by atoms with Gasteiger partial charge in [-0.3, -0.25) is 4.79 Å². The first-order valence-corrected chi connectivity index (χ1v) is 13.4. The van der Waals surface area contributed by atoms with E-state index in [9.17, 15) is 13.2 Å². The summed E-state index contributed by atoms with van der Waals surface area (Å²) in [6, 6.07) is 22.1. The molecule has 2 aliphatic rings. The van der Waals surface area contributed by atoms with Crippen LogP contribution < -0.4 is 10.2 Å². The molecule has 182 valence electrons. The van der Waals surface area contributed by atoms with E-state index in [1.54, 1.807) is 28.6 Å². The average Bonchev–Trinajstić information content (AvgIpc) is 3.46. The number of hydrogen-bond acceptors (Lipinski definition) is 5. The van der Waals surface area contributed by atoms with E-state index in [0.717, 1.165) is 61.6 Å². The molecule has 2 saturated heterocycles. The van der Waals surface area contributed by atoms with Gasteiger partial charge in [0.05, 0.1) is 18.1 Å². The van der Waals surface area contributed by atoms with Gasteiger partial charge in [-0.25, -0.2) is 8.42 Å². The summed E-state index contributed by atoms with van der Waals surface area (Å²) in [4.78, 5) is 15.3. The standard InChI is InChI=1S/C27H29N3O4S/c31-27(28-24-9-11-25(12-10-24)29-17-19-34-20-18-29)23-5-3-21(4-6-23)22-7-13-26(14-8-22)35(32,33)30-15-1-2-16-30/h3-14H,1-2,15-20H2,(H,28,31). The maximum atomic E-state index is 12.7. The van der Waals surface area contributed by atoms with Gasteiger partial charge >= 0.3 is 0 Å². The van der Waals surface area contributed by atoms with Gasteiger partial charge in [-0.2, -0.15) is 4.31 Å². The number of benzene rings is 3. The lowest BCUT2D eigenvalue weighted by molar-refractivity contribution is 0.102. The zero-order valence-electron chi connectivity index (χ0n) is 19.5. The number of nitrogens with one attached hydrogen (secondary N) is 1. The van der Waals surface area contributed by atoms with Crippen LogP contribution in [0.15, 0.2) is 77.7 Å². The predicted molar refractivity (Wildman–Crippen MR) is 137 cm³/mol. The third-order valence-electron chi connectivity index (χ3n) is 6.54. The summed E-state index contributed by atoms with van der Waals surface area (Å²) < 4.78 is 32.4. The van der Waals surface area contributed by atoms with Crippen LogP contribution in [0.3, 0.4) is 0 Å². The first kappa shape index (κ1) is 23.5. The number of sulfonamides is 1. The summed E-state index contributed by atoms with van der Waals surface area (Å²) in [6.45, 7) is 4.38. The number of anilines is 2. The largest absolute Gasteiger partial charge is 0.378 e. The second-order valence-corrected chi connectivity index (χ2v) is 10.8. The van der Waals surface area contributed by atoms with E-state index in [-0.39, 0.29) is 5.91 Å². The molecule has 0 unspecified atom stereocenters. The van der Waals surface area contributed by atoms with Crippen LogP contribution in [0.1, 0.15) is 23.2 Å². The molecule has 3 aromatic carbocycles. The molecule has 0 spiro atoms. The van der Waals surface area contributed by atoms with Gasteiger partial charge < -0.3 is 15.0 Å². The van der Waals surface area contributed by atoms with Crippen molar-refractivity contribution < 1.29 is 17.9 Å². The van der Waals surface area contributed by atoms with Gasteiger partial charge in [-0.05, 0) is 72.5 Å². The van der Waals surface area contributed by atoms with Crippen LogP contribution >= 0.6 is 0 Å². The molecule has 0 saturated carbocycles. The summed E-state index contributed by atoms with van der Waals surface area (Å²) in [5.74, 6) is -0.178. The van der Waals surface area contributed by atoms with Crippen LogP contribution in [0.2, 0.25) is 0 Å². The van der Waals surface area contributed by atoms with Crippen LogP contribution in [0, 0.1) is 0 Å². The Bertz CT molecular complexity index is 1260. The van der Waals surface area contributed by atoms with Gasteiger partial charge in [0.15, 0.2) is 0 Å². The van der Waals surface area contributed by atoms with Crippen LogP contribution in [-0.2, 0) is 14.8 Å². The summed E-state index contributed by atoms with van der Waals surface area (Å²) in [6.07, 6.45) is 1.83. The molecule has 35 heavy (non-hydrogen) atoms. The molecule has 7 nitrogen and oxygen atoms in total. The highest BCUT2D eigenvalue weighted by Gasteiger charge is 2.26. The maximum Gasteiger partial charge on any atom is 0.255 e. The fourth-order valence-electron chi connectivity index (χ4n) is 4.49. The number of nitrogens with zero attached hydrogens (tertiary/aromatic N) is 2. The molecule has 0 aromatic heterocycles. The van der Waals surface area contributed by atoms with Crippen molar-refractivity contribution in [3.05, 3.63) is 78.4 Å². The molecule has 3 aromatic rings. The van der Waals surface area contributed by atoms with E-state index in [0.29, 0.717) is 23.5 Å². The van der Waals surface area contributed by atoms with Crippen molar-refractivity contribution in [1.82, 2.24) is 4.31 Å². The van der Waals surface area contributed by atoms with E-state index in [1.165, 1.54) is 0 Å². The number of carbonyl (C=O) groups excluding carboxylic acids is 1. The first-order chi connectivity index (χ1) is 17.0. The SMILES string of the molecule is O=C(Nc1ccc(N2CCOCC2)cc1)c1ccc(-c2ccc(S(=O)(=O)N3CCCC3)cc2)cc1. The Labute approximate surface area is 206 Å². The second-order valence-electron chi connectivity index (χ2n) is 8.81. The van der Waals surface area contributed by atoms with E-state index in [4.69, 9.17) is 4.74 Å². The normalized spacial score (nSPS) is 16.9. The van der Waals surface area contributed by atoms with Gasteiger partial charge in [-0.15, -0.1) is 0 Å². The molecule has 2 heterocycles. The molecule has 1 amide bonds. The van der Waals surface area contributed by atoms with Crippen LogP contribution in [-0.4, -0.2) is 58.0 Å². The fraction of sp³-hybridized carbons (Fsp3) is 0.296. The van der Waals surface area contributed by atoms with Gasteiger partial charge in [-0.1, -0.05) is 24.3 Å². The van der Waals surface area contributed by atoms with Crippen molar-refractivity contribution in [3.8, 4) is 11.1 Å². The zero-order valence-corrected chi connectivity index (χ0v) is 20.3. The Kier molecular flexibility index (Phi) is 6.86. The number of carbonyl (C=O) groups is 1. The fourth-order valence-corrected chi connectivity index (χ4v) is 6.01. The molecule has 2 fully saturated rings. The first-order valence-electron chi connectivity index (χ1n) is 12.0. The lowest BCUT2D eigenvalue weighted by Gasteiger charge is -2.28. The monoisotopic (exact) mass is 491 g/mol. The van der Waals surface area contributed by atoms with E-state index in [1.807, 2.05) is 48.5 Å². The van der Waals surface area contributed by atoms with Crippen LogP contribution in [0.5, 0.6) is 0 Å². The van der Waals surface area contributed by atoms with Crippen molar-refractivity contribution in [2.75, 3.05) is 49.6 Å². The van der Waals surface area contributed by atoms with Gasteiger partial charge in [0.2, 0.25) is 10.0 Å². The van der Waals surface area contributed by atoms with Crippen molar-refractivity contribution in [2.24, 2.45) is 0 Å². The molecule has 0 aliphatic carbocycles. The smallest absolute Gasteiger partial charge is 0.255 e. The van der Waals surface area contributed by atoms with Gasteiger partial charge in [0.1, 0.15) is 0 Å². The molecule has 5 rings (SSSR count). The van der Waals surface area contributed by atoms with Crippen molar-refractivity contribution in [3.63, 3.8) is 0 Å². The minimum atomic E-state index is -3.42. The quantitative estimate of drug-likeness (QED) is 0.558. The highest BCUT2D eigenvalue weighted by molar-refractivity contribution is 7.89. The summed E-state index contributed by atoms with van der Waals surface area (Å²) >= 11 is 0. The molecule has 8 heteroatoms. The summed E-state index contributed by atoms with van der Waals surface area (Å²) in [7, 11) is -3.42. The number of morpholine rings is 1. The number of amides is 1. The Morgan fingerprint density at radius 2 is 1.31 bits per heavy atom. The zero-order chi connectivity index (χ0) is 24.3. The minimum absolute atomic E-state index is 0.178. The molecular formula is C27H29N3O4S.